The van der Waals surface area contributed by atoms with Crippen molar-refractivity contribution in [3.63, 3.8) is 0 Å². The smallest absolute Gasteiger partial charge is 0.166 e. The molecular weight excluding hydrogens is 274 g/mol. The summed E-state index contributed by atoms with van der Waals surface area (Å²) in [5, 5.41) is 0. The van der Waals surface area contributed by atoms with Gasteiger partial charge in [0.15, 0.2) is 5.78 Å². The summed E-state index contributed by atoms with van der Waals surface area (Å²) in [6.45, 7) is 10.3. The van der Waals surface area contributed by atoms with Crippen molar-refractivity contribution < 1.29 is 9.53 Å². The van der Waals surface area contributed by atoms with E-state index in [2.05, 4.69) is 18.7 Å². The highest BCUT2D eigenvalue weighted by Gasteiger charge is 2.21. The quantitative estimate of drug-likeness (QED) is 0.712. The van der Waals surface area contributed by atoms with Gasteiger partial charge in [0.05, 0.1) is 6.61 Å². The van der Waals surface area contributed by atoms with Gasteiger partial charge in [-0.05, 0) is 62.5 Å². The molecule has 0 saturated carbocycles. The fraction of sp³-hybridized carbons (Fsp3) is 0.632. The van der Waals surface area contributed by atoms with Gasteiger partial charge < -0.3 is 9.64 Å². The van der Waals surface area contributed by atoms with Gasteiger partial charge in [-0.25, -0.2) is 0 Å². The summed E-state index contributed by atoms with van der Waals surface area (Å²) in [5.74, 6) is 1.96. The molecule has 3 heteroatoms. The highest BCUT2D eigenvalue weighted by Crippen LogP contribution is 2.19. The van der Waals surface area contributed by atoms with Crippen molar-refractivity contribution in [1.29, 1.82) is 0 Å². The summed E-state index contributed by atoms with van der Waals surface area (Å²) in [6.07, 6.45) is 3.50. The van der Waals surface area contributed by atoms with Crippen LogP contribution in [0.25, 0.3) is 0 Å². The first-order valence-corrected chi connectivity index (χ1v) is 8.59. The monoisotopic (exact) mass is 303 g/mol. The highest BCUT2D eigenvalue weighted by atomic mass is 16.5. The zero-order valence-electron chi connectivity index (χ0n) is 14.2. The Labute approximate surface area is 134 Å². The van der Waals surface area contributed by atoms with Crippen LogP contribution in [0.3, 0.4) is 0 Å². The van der Waals surface area contributed by atoms with E-state index < -0.39 is 0 Å². The van der Waals surface area contributed by atoms with Gasteiger partial charge >= 0.3 is 0 Å². The molecule has 0 N–H and O–H groups in total. The Balaban J connectivity index is 1.87. The SMILES string of the molecule is CCCOc1ccc(C(=O)C(C)CN2CCC(C)CC2)cc1. The number of ether oxygens (including phenoxy) is 1. The van der Waals surface area contributed by atoms with E-state index in [9.17, 15) is 4.79 Å². The van der Waals surface area contributed by atoms with E-state index in [0.717, 1.165) is 49.9 Å². The van der Waals surface area contributed by atoms with Crippen molar-refractivity contribution in [2.75, 3.05) is 26.2 Å². The Morgan fingerprint density at radius 2 is 1.91 bits per heavy atom. The van der Waals surface area contributed by atoms with Crippen LogP contribution >= 0.6 is 0 Å². The molecule has 0 radical (unpaired) electrons. The van der Waals surface area contributed by atoms with E-state index in [-0.39, 0.29) is 11.7 Å². The molecule has 1 atom stereocenters. The third kappa shape index (κ3) is 4.84. The summed E-state index contributed by atoms with van der Waals surface area (Å²) in [5.41, 5.74) is 0.793. The molecule has 0 aliphatic carbocycles. The van der Waals surface area contributed by atoms with Crippen LogP contribution in [0.2, 0.25) is 0 Å². The van der Waals surface area contributed by atoms with Gasteiger partial charge in [0, 0.05) is 18.0 Å². The maximum absolute atomic E-state index is 12.5. The molecule has 1 heterocycles. The summed E-state index contributed by atoms with van der Waals surface area (Å²) in [7, 11) is 0. The molecule has 1 aliphatic heterocycles. The largest absolute Gasteiger partial charge is 0.494 e. The second-order valence-corrected chi connectivity index (χ2v) is 6.62. The summed E-state index contributed by atoms with van der Waals surface area (Å²) in [6, 6.07) is 7.58. The number of ketones is 1. The molecule has 0 aromatic heterocycles. The first-order valence-electron chi connectivity index (χ1n) is 8.59. The number of carbonyl (C=O) groups excluding carboxylic acids is 1. The number of carbonyl (C=O) groups is 1. The second kappa shape index (κ2) is 8.33. The Hall–Kier alpha value is -1.35. The lowest BCUT2D eigenvalue weighted by Gasteiger charge is -2.31. The first kappa shape index (κ1) is 17.0. The van der Waals surface area contributed by atoms with Crippen LogP contribution in [0.15, 0.2) is 24.3 Å². The number of likely N-dealkylation sites (tertiary alicyclic amines) is 1. The highest BCUT2D eigenvalue weighted by molar-refractivity contribution is 5.97. The molecule has 0 bridgehead atoms. The van der Waals surface area contributed by atoms with Crippen LogP contribution in [0.1, 0.15) is 50.4 Å². The molecule has 1 unspecified atom stereocenters. The fourth-order valence-electron chi connectivity index (χ4n) is 2.93. The van der Waals surface area contributed by atoms with Gasteiger partial charge in [-0.1, -0.05) is 20.8 Å². The van der Waals surface area contributed by atoms with Gasteiger partial charge in [0.1, 0.15) is 5.75 Å². The van der Waals surface area contributed by atoms with E-state index in [0.29, 0.717) is 0 Å². The van der Waals surface area contributed by atoms with Crippen LogP contribution in [-0.2, 0) is 0 Å². The summed E-state index contributed by atoms with van der Waals surface area (Å²) < 4.78 is 5.56. The van der Waals surface area contributed by atoms with Gasteiger partial charge in [-0.3, -0.25) is 4.79 Å². The van der Waals surface area contributed by atoms with Crippen LogP contribution < -0.4 is 4.74 Å². The lowest BCUT2D eigenvalue weighted by Crippen LogP contribution is -2.37. The number of piperidine rings is 1. The zero-order chi connectivity index (χ0) is 15.9. The van der Waals surface area contributed by atoms with E-state index in [1.807, 2.05) is 31.2 Å². The van der Waals surface area contributed by atoms with Crippen LogP contribution in [0.4, 0.5) is 0 Å². The average Bonchev–Trinajstić information content (AvgIpc) is 2.55. The molecule has 0 amide bonds. The minimum Gasteiger partial charge on any atom is -0.494 e. The normalized spacial score (nSPS) is 18.1. The molecule has 1 aliphatic rings. The minimum atomic E-state index is 0.0517. The standard InChI is InChI=1S/C19H29NO2/c1-4-13-22-18-7-5-17(6-8-18)19(21)16(3)14-20-11-9-15(2)10-12-20/h5-8,15-16H,4,9-14H2,1-3H3. The van der Waals surface area contributed by atoms with Crippen LogP contribution in [0, 0.1) is 11.8 Å². The molecule has 122 valence electrons. The first-order chi connectivity index (χ1) is 10.6. The van der Waals surface area contributed by atoms with Crippen molar-refractivity contribution in [3.05, 3.63) is 29.8 Å². The molecule has 1 aromatic carbocycles. The van der Waals surface area contributed by atoms with Gasteiger partial charge in [0.2, 0.25) is 0 Å². The fourth-order valence-corrected chi connectivity index (χ4v) is 2.93. The maximum Gasteiger partial charge on any atom is 0.166 e. The van der Waals surface area contributed by atoms with Crippen molar-refractivity contribution in [2.24, 2.45) is 11.8 Å². The molecule has 1 fully saturated rings. The second-order valence-electron chi connectivity index (χ2n) is 6.62. The molecule has 3 nitrogen and oxygen atoms in total. The van der Waals surface area contributed by atoms with Gasteiger partial charge in [-0.2, -0.15) is 0 Å². The Morgan fingerprint density at radius 3 is 2.50 bits per heavy atom. The molecule has 1 saturated heterocycles. The van der Waals surface area contributed by atoms with Gasteiger partial charge in [0.25, 0.3) is 0 Å². The molecular formula is C19H29NO2. The number of Topliss-reactive ketones (excluding diaryl/α,β-unsaturated/α-hetero) is 1. The minimum absolute atomic E-state index is 0.0517. The number of nitrogens with zero attached hydrogens (tertiary/aromatic N) is 1. The van der Waals surface area contributed by atoms with Gasteiger partial charge in [-0.15, -0.1) is 0 Å². The third-order valence-electron chi connectivity index (χ3n) is 4.47. The molecule has 22 heavy (non-hydrogen) atoms. The van der Waals surface area contributed by atoms with Crippen LogP contribution in [0.5, 0.6) is 5.75 Å². The van der Waals surface area contributed by atoms with E-state index in [1.54, 1.807) is 0 Å². The lowest BCUT2D eigenvalue weighted by molar-refractivity contribution is 0.0873. The molecule has 2 rings (SSSR count). The van der Waals surface area contributed by atoms with Crippen molar-refractivity contribution in [2.45, 2.75) is 40.0 Å². The Kier molecular flexibility index (Phi) is 6.44. The van der Waals surface area contributed by atoms with E-state index >= 15 is 0 Å². The maximum atomic E-state index is 12.5. The lowest BCUT2D eigenvalue weighted by atomic mass is 9.95. The summed E-state index contributed by atoms with van der Waals surface area (Å²) >= 11 is 0. The number of rotatable bonds is 7. The topological polar surface area (TPSA) is 29.5 Å². The summed E-state index contributed by atoms with van der Waals surface area (Å²) in [4.78, 5) is 15.0. The molecule has 0 spiro atoms. The zero-order valence-corrected chi connectivity index (χ0v) is 14.2. The number of hydrogen-bond acceptors (Lipinski definition) is 3. The van der Waals surface area contributed by atoms with E-state index in [1.165, 1.54) is 12.8 Å². The van der Waals surface area contributed by atoms with Crippen molar-refractivity contribution >= 4 is 5.78 Å². The Bertz CT molecular complexity index is 461. The van der Waals surface area contributed by atoms with E-state index in [4.69, 9.17) is 4.74 Å². The number of hydrogen-bond donors (Lipinski definition) is 0. The Morgan fingerprint density at radius 1 is 1.27 bits per heavy atom. The average molecular weight is 303 g/mol. The van der Waals surface area contributed by atoms with Crippen molar-refractivity contribution in [1.82, 2.24) is 4.90 Å². The molecule has 1 aromatic rings. The van der Waals surface area contributed by atoms with Crippen molar-refractivity contribution in [3.8, 4) is 5.75 Å². The predicted molar refractivity (Wildman–Crippen MR) is 90.6 cm³/mol. The van der Waals surface area contributed by atoms with Crippen LogP contribution in [-0.4, -0.2) is 36.9 Å². The predicted octanol–water partition coefficient (Wildman–Crippen LogP) is 4.03. The number of benzene rings is 1. The third-order valence-corrected chi connectivity index (χ3v) is 4.47.